The van der Waals surface area contributed by atoms with E-state index >= 15 is 0 Å². The molecule has 0 aliphatic heterocycles. The molecular formula is C22H23N5O2S2. The summed E-state index contributed by atoms with van der Waals surface area (Å²) in [6.45, 7) is 3.86. The van der Waals surface area contributed by atoms with Crippen molar-refractivity contribution in [3.05, 3.63) is 63.7 Å². The van der Waals surface area contributed by atoms with E-state index in [1.54, 1.807) is 37.0 Å². The molecule has 31 heavy (non-hydrogen) atoms. The van der Waals surface area contributed by atoms with Gasteiger partial charge in [-0.1, -0.05) is 6.07 Å². The first-order valence-corrected chi connectivity index (χ1v) is 11.6. The van der Waals surface area contributed by atoms with Gasteiger partial charge in [0.1, 0.15) is 10.7 Å². The zero-order valence-electron chi connectivity index (χ0n) is 17.4. The standard InChI is InChI=1S/C22H23N5O2S2/c1-15-17(21(28)25-6-4-9-29-2)11-20(27(15)13-16-5-3-10-30-16)19-14-31-22(26-19)18-12-23-7-8-24-18/h3,5,7-8,10-12,14H,4,6,9,13H2,1-2H3,(H,25,28). The average molecular weight is 454 g/mol. The van der Waals surface area contributed by atoms with Crippen LogP contribution in [0, 0.1) is 6.92 Å². The number of aromatic nitrogens is 4. The molecule has 0 fully saturated rings. The number of nitrogens with one attached hydrogen (secondary N) is 1. The molecule has 4 aromatic heterocycles. The van der Waals surface area contributed by atoms with Gasteiger partial charge in [0.2, 0.25) is 0 Å². The van der Waals surface area contributed by atoms with Gasteiger partial charge >= 0.3 is 0 Å². The molecule has 0 aliphatic rings. The normalized spacial score (nSPS) is 11.0. The van der Waals surface area contributed by atoms with E-state index in [9.17, 15) is 4.79 Å². The summed E-state index contributed by atoms with van der Waals surface area (Å²) in [5, 5.41) is 7.86. The average Bonchev–Trinajstić information content (AvgIpc) is 3.54. The summed E-state index contributed by atoms with van der Waals surface area (Å²) in [7, 11) is 1.66. The Morgan fingerprint density at radius 3 is 2.90 bits per heavy atom. The molecule has 0 spiro atoms. The maximum atomic E-state index is 12.9. The predicted molar refractivity (Wildman–Crippen MR) is 124 cm³/mol. The lowest BCUT2D eigenvalue weighted by Crippen LogP contribution is -2.25. The smallest absolute Gasteiger partial charge is 0.253 e. The number of amides is 1. The summed E-state index contributed by atoms with van der Waals surface area (Å²) in [5.41, 5.74) is 4.06. The van der Waals surface area contributed by atoms with E-state index < -0.39 is 0 Å². The Kier molecular flexibility index (Phi) is 6.86. The van der Waals surface area contributed by atoms with Crippen molar-refractivity contribution in [1.82, 2.24) is 24.8 Å². The molecule has 1 amide bonds. The molecule has 0 aromatic carbocycles. The summed E-state index contributed by atoms with van der Waals surface area (Å²) in [4.78, 5) is 27.3. The Bertz CT molecular complexity index is 1140. The van der Waals surface area contributed by atoms with Gasteiger partial charge in [0.15, 0.2) is 0 Å². The fourth-order valence-electron chi connectivity index (χ4n) is 3.28. The molecule has 4 aromatic rings. The van der Waals surface area contributed by atoms with E-state index in [0.717, 1.165) is 34.2 Å². The summed E-state index contributed by atoms with van der Waals surface area (Å²) < 4.78 is 7.22. The van der Waals surface area contributed by atoms with Gasteiger partial charge in [-0.05, 0) is 30.9 Å². The van der Waals surface area contributed by atoms with Crippen LogP contribution in [0.1, 0.15) is 27.3 Å². The molecule has 0 radical (unpaired) electrons. The fourth-order valence-corrected chi connectivity index (χ4v) is 4.75. The van der Waals surface area contributed by atoms with Gasteiger partial charge in [-0.25, -0.2) is 4.98 Å². The second kappa shape index (κ2) is 9.95. The van der Waals surface area contributed by atoms with Crippen molar-refractivity contribution < 1.29 is 9.53 Å². The lowest BCUT2D eigenvalue weighted by molar-refractivity contribution is 0.0948. The van der Waals surface area contributed by atoms with Crippen LogP contribution < -0.4 is 5.32 Å². The minimum absolute atomic E-state index is 0.0795. The van der Waals surface area contributed by atoms with Crippen molar-refractivity contribution in [2.75, 3.05) is 20.3 Å². The van der Waals surface area contributed by atoms with Crippen LogP contribution in [0.25, 0.3) is 22.1 Å². The topological polar surface area (TPSA) is 81.9 Å². The van der Waals surface area contributed by atoms with E-state index in [0.29, 0.717) is 25.3 Å². The second-order valence-corrected chi connectivity index (χ2v) is 8.82. The Hall–Kier alpha value is -2.88. The third-order valence-corrected chi connectivity index (χ3v) is 6.59. The van der Waals surface area contributed by atoms with Gasteiger partial charge in [0, 0.05) is 48.6 Å². The molecule has 0 bridgehead atoms. The van der Waals surface area contributed by atoms with Gasteiger partial charge in [-0.2, -0.15) is 0 Å². The molecule has 0 unspecified atom stereocenters. The van der Waals surface area contributed by atoms with Crippen molar-refractivity contribution >= 4 is 28.6 Å². The molecule has 160 valence electrons. The van der Waals surface area contributed by atoms with E-state index in [1.807, 2.05) is 24.4 Å². The van der Waals surface area contributed by atoms with E-state index in [2.05, 4.69) is 31.3 Å². The zero-order valence-corrected chi connectivity index (χ0v) is 19.0. The van der Waals surface area contributed by atoms with Crippen molar-refractivity contribution in [2.24, 2.45) is 0 Å². The quantitative estimate of drug-likeness (QED) is 0.383. The Balaban J connectivity index is 1.67. The van der Waals surface area contributed by atoms with Gasteiger partial charge < -0.3 is 14.6 Å². The largest absolute Gasteiger partial charge is 0.385 e. The molecule has 0 atom stereocenters. The third-order valence-electron chi connectivity index (χ3n) is 4.86. The molecule has 9 heteroatoms. The SMILES string of the molecule is COCCCNC(=O)c1cc(-c2csc(-c3cnccn3)n2)n(Cc2cccs2)c1C. The van der Waals surface area contributed by atoms with Crippen molar-refractivity contribution in [3.8, 4) is 22.1 Å². The Morgan fingerprint density at radius 1 is 1.26 bits per heavy atom. The zero-order chi connectivity index (χ0) is 21.6. The molecule has 4 rings (SSSR count). The lowest BCUT2D eigenvalue weighted by Gasteiger charge is -2.10. The number of hydrogen-bond acceptors (Lipinski definition) is 7. The number of thiophene rings is 1. The molecule has 7 nitrogen and oxygen atoms in total. The number of hydrogen-bond donors (Lipinski definition) is 1. The molecule has 1 N–H and O–H groups in total. The fraction of sp³-hybridized carbons (Fsp3) is 0.273. The highest BCUT2D eigenvalue weighted by Gasteiger charge is 2.21. The van der Waals surface area contributed by atoms with Crippen LogP contribution in [0.15, 0.2) is 47.5 Å². The molecule has 4 heterocycles. The minimum Gasteiger partial charge on any atom is -0.385 e. The van der Waals surface area contributed by atoms with Gasteiger partial charge in [-0.3, -0.25) is 14.8 Å². The molecule has 0 saturated carbocycles. The van der Waals surface area contributed by atoms with E-state index in [-0.39, 0.29) is 5.91 Å². The molecule has 0 aliphatic carbocycles. The van der Waals surface area contributed by atoms with Crippen LogP contribution in [0.5, 0.6) is 0 Å². The first-order chi connectivity index (χ1) is 15.2. The predicted octanol–water partition coefficient (Wildman–Crippen LogP) is 4.25. The summed E-state index contributed by atoms with van der Waals surface area (Å²) in [6, 6.07) is 6.07. The van der Waals surface area contributed by atoms with Gasteiger partial charge in [-0.15, -0.1) is 22.7 Å². The lowest BCUT2D eigenvalue weighted by atomic mass is 10.2. The highest BCUT2D eigenvalue weighted by atomic mass is 32.1. The maximum absolute atomic E-state index is 12.9. The Morgan fingerprint density at radius 2 is 2.16 bits per heavy atom. The first kappa shape index (κ1) is 21.4. The number of rotatable bonds is 9. The highest BCUT2D eigenvalue weighted by molar-refractivity contribution is 7.13. The summed E-state index contributed by atoms with van der Waals surface area (Å²) >= 11 is 3.22. The third kappa shape index (κ3) is 4.90. The van der Waals surface area contributed by atoms with Crippen LogP contribution in [-0.2, 0) is 11.3 Å². The summed E-state index contributed by atoms with van der Waals surface area (Å²) in [6.07, 6.45) is 5.78. The second-order valence-electron chi connectivity index (χ2n) is 6.92. The van der Waals surface area contributed by atoms with Crippen LogP contribution in [0.3, 0.4) is 0 Å². The Labute approximate surface area is 188 Å². The van der Waals surface area contributed by atoms with Gasteiger partial charge in [0.05, 0.1) is 29.7 Å². The molecular weight excluding hydrogens is 430 g/mol. The van der Waals surface area contributed by atoms with E-state index in [1.165, 1.54) is 16.2 Å². The number of ether oxygens (including phenoxy) is 1. The van der Waals surface area contributed by atoms with Crippen LogP contribution in [-0.4, -0.2) is 45.7 Å². The number of thiazole rings is 1. The van der Waals surface area contributed by atoms with Crippen molar-refractivity contribution in [2.45, 2.75) is 19.9 Å². The van der Waals surface area contributed by atoms with Crippen LogP contribution >= 0.6 is 22.7 Å². The summed E-state index contributed by atoms with van der Waals surface area (Å²) in [5.74, 6) is -0.0795. The number of carbonyl (C=O) groups excluding carboxylic acids is 1. The van der Waals surface area contributed by atoms with E-state index in [4.69, 9.17) is 9.72 Å². The molecule has 0 saturated heterocycles. The number of nitrogens with zero attached hydrogens (tertiary/aromatic N) is 4. The van der Waals surface area contributed by atoms with Crippen molar-refractivity contribution in [3.63, 3.8) is 0 Å². The van der Waals surface area contributed by atoms with Crippen LogP contribution in [0.2, 0.25) is 0 Å². The monoisotopic (exact) mass is 453 g/mol. The minimum atomic E-state index is -0.0795. The first-order valence-electron chi connectivity index (χ1n) is 9.89. The maximum Gasteiger partial charge on any atom is 0.253 e. The van der Waals surface area contributed by atoms with Crippen LogP contribution in [0.4, 0.5) is 0 Å². The highest BCUT2D eigenvalue weighted by Crippen LogP contribution is 2.31. The van der Waals surface area contributed by atoms with Gasteiger partial charge in [0.25, 0.3) is 5.91 Å². The number of methoxy groups -OCH3 is 1. The number of carbonyl (C=O) groups is 1. The van der Waals surface area contributed by atoms with Crippen molar-refractivity contribution in [1.29, 1.82) is 0 Å².